The first-order chi connectivity index (χ1) is 7.29. The lowest BCUT2D eigenvalue weighted by atomic mass is 10.2. The van der Waals surface area contributed by atoms with Gasteiger partial charge in [0, 0.05) is 15.7 Å². The number of benzene rings is 1. The summed E-state index contributed by atoms with van der Waals surface area (Å²) in [5, 5.41) is 0.623. The summed E-state index contributed by atoms with van der Waals surface area (Å²) < 4.78 is 16.2. The molecule has 2 nitrogen and oxygen atoms in total. The van der Waals surface area contributed by atoms with Crippen LogP contribution in [0.2, 0.25) is 5.02 Å². The number of rotatable bonds is 2. The molecule has 1 rings (SSSR count). The molecule has 1 aromatic rings. The molecule has 0 fully saturated rings. The molecule has 1 aromatic carbocycles. The smallest absolute Gasteiger partial charge is 0.144 e. The zero-order valence-electron chi connectivity index (χ0n) is 9.33. The Labute approximate surface area is 112 Å². The second-order valence-electron chi connectivity index (χ2n) is 4.30. The van der Waals surface area contributed by atoms with Crippen molar-refractivity contribution in [2.24, 2.45) is 4.40 Å². The summed E-state index contributed by atoms with van der Waals surface area (Å²) in [6.45, 7) is 5.65. The van der Waals surface area contributed by atoms with Crippen LogP contribution in [-0.2, 0) is 11.0 Å². The molecule has 0 saturated heterocycles. The van der Waals surface area contributed by atoms with Crippen molar-refractivity contribution >= 4 is 44.7 Å². The summed E-state index contributed by atoms with van der Waals surface area (Å²) in [5.41, 5.74) is 0.831. The first kappa shape index (κ1) is 13.9. The summed E-state index contributed by atoms with van der Waals surface area (Å²) in [7, 11) is -1.24. The summed E-state index contributed by atoms with van der Waals surface area (Å²) in [6, 6.07) is 5.44. The molecule has 0 bridgehead atoms. The van der Waals surface area contributed by atoms with E-state index in [-0.39, 0.29) is 4.75 Å². The van der Waals surface area contributed by atoms with Crippen LogP contribution in [0.4, 0.5) is 0 Å². The number of nitrogens with zero attached hydrogens (tertiary/aromatic N) is 1. The van der Waals surface area contributed by atoms with E-state index in [1.165, 1.54) is 0 Å². The predicted octanol–water partition coefficient (Wildman–Crippen LogP) is 3.98. The molecule has 16 heavy (non-hydrogen) atoms. The van der Waals surface area contributed by atoms with E-state index < -0.39 is 11.0 Å². The van der Waals surface area contributed by atoms with E-state index in [1.807, 2.05) is 26.8 Å². The van der Waals surface area contributed by atoms with Crippen molar-refractivity contribution in [1.82, 2.24) is 0 Å². The molecular weight excluding hydrogens is 310 g/mol. The summed E-state index contributed by atoms with van der Waals surface area (Å²) in [5.74, 6) is 0. The molecule has 0 aliphatic carbocycles. The van der Waals surface area contributed by atoms with Crippen LogP contribution in [0.15, 0.2) is 27.1 Å². The second kappa shape index (κ2) is 5.43. The van der Waals surface area contributed by atoms with Gasteiger partial charge in [-0.1, -0.05) is 27.5 Å². The first-order valence-electron chi connectivity index (χ1n) is 4.71. The first-order valence-corrected chi connectivity index (χ1v) is 6.99. The normalized spacial score (nSPS) is 14.3. The molecule has 0 heterocycles. The molecule has 0 saturated carbocycles. The van der Waals surface area contributed by atoms with E-state index in [0.717, 1.165) is 10.0 Å². The van der Waals surface area contributed by atoms with E-state index in [9.17, 15) is 4.21 Å². The third-order valence-corrected chi connectivity index (χ3v) is 3.73. The van der Waals surface area contributed by atoms with Crippen LogP contribution in [0.1, 0.15) is 26.3 Å². The monoisotopic (exact) mass is 321 g/mol. The van der Waals surface area contributed by atoms with E-state index >= 15 is 0 Å². The van der Waals surface area contributed by atoms with Gasteiger partial charge in [-0.15, -0.1) is 0 Å². The quantitative estimate of drug-likeness (QED) is 0.757. The van der Waals surface area contributed by atoms with Gasteiger partial charge in [-0.2, -0.15) is 4.40 Å². The zero-order chi connectivity index (χ0) is 12.3. The topological polar surface area (TPSA) is 29.4 Å². The lowest BCUT2D eigenvalue weighted by molar-refractivity contribution is 0.651. The molecule has 5 heteroatoms. The minimum absolute atomic E-state index is 0.341. The predicted molar refractivity (Wildman–Crippen MR) is 74.6 cm³/mol. The van der Waals surface area contributed by atoms with Crippen molar-refractivity contribution in [3.63, 3.8) is 0 Å². The van der Waals surface area contributed by atoms with E-state index in [0.29, 0.717) is 5.02 Å². The molecule has 88 valence electrons. The van der Waals surface area contributed by atoms with Crippen molar-refractivity contribution in [2.75, 3.05) is 0 Å². The van der Waals surface area contributed by atoms with Gasteiger partial charge in [0.15, 0.2) is 0 Å². The zero-order valence-corrected chi connectivity index (χ0v) is 12.5. The van der Waals surface area contributed by atoms with E-state index in [4.69, 9.17) is 11.6 Å². The molecule has 0 aromatic heterocycles. The molecule has 0 N–H and O–H groups in total. The Bertz CT molecular complexity index is 420. The molecule has 0 spiro atoms. The van der Waals surface area contributed by atoms with Gasteiger partial charge >= 0.3 is 0 Å². The average Bonchev–Trinajstić information content (AvgIpc) is 2.11. The van der Waals surface area contributed by atoms with Crippen LogP contribution in [0.5, 0.6) is 0 Å². The fraction of sp³-hybridized carbons (Fsp3) is 0.364. The van der Waals surface area contributed by atoms with Gasteiger partial charge in [-0.05, 0) is 44.5 Å². The highest BCUT2D eigenvalue weighted by Crippen LogP contribution is 2.19. The molecule has 0 radical (unpaired) electrons. The van der Waals surface area contributed by atoms with Gasteiger partial charge in [-0.25, -0.2) is 4.21 Å². The van der Waals surface area contributed by atoms with Crippen LogP contribution >= 0.6 is 27.5 Å². The highest BCUT2D eigenvalue weighted by Gasteiger charge is 2.18. The van der Waals surface area contributed by atoms with Crippen molar-refractivity contribution in [2.45, 2.75) is 25.5 Å². The molecule has 0 aliphatic heterocycles. The summed E-state index contributed by atoms with van der Waals surface area (Å²) >= 11 is 9.23. The Kier molecular flexibility index (Phi) is 4.71. The number of hydrogen-bond acceptors (Lipinski definition) is 1. The summed E-state index contributed by atoms with van der Waals surface area (Å²) in [6.07, 6.45) is 1.58. The highest BCUT2D eigenvalue weighted by atomic mass is 79.9. The average molecular weight is 323 g/mol. The third kappa shape index (κ3) is 4.36. The van der Waals surface area contributed by atoms with Crippen LogP contribution in [-0.4, -0.2) is 15.2 Å². The van der Waals surface area contributed by atoms with E-state index in [1.54, 1.807) is 18.3 Å². The van der Waals surface area contributed by atoms with E-state index in [2.05, 4.69) is 20.3 Å². The lowest BCUT2D eigenvalue weighted by Crippen LogP contribution is -2.19. The fourth-order valence-electron chi connectivity index (χ4n) is 0.917. The largest absolute Gasteiger partial charge is 0.234 e. The van der Waals surface area contributed by atoms with Crippen LogP contribution in [0.25, 0.3) is 0 Å². The summed E-state index contributed by atoms with van der Waals surface area (Å²) in [4.78, 5) is 0. The van der Waals surface area contributed by atoms with Gasteiger partial charge in [0.2, 0.25) is 0 Å². The Balaban J connectivity index is 2.89. The van der Waals surface area contributed by atoms with Crippen molar-refractivity contribution < 1.29 is 4.21 Å². The maximum absolute atomic E-state index is 11.7. The van der Waals surface area contributed by atoms with Gasteiger partial charge in [0.1, 0.15) is 11.0 Å². The van der Waals surface area contributed by atoms with Gasteiger partial charge < -0.3 is 0 Å². The molecular formula is C11H13BrClNOS. The van der Waals surface area contributed by atoms with Crippen LogP contribution < -0.4 is 0 Å². The Morgan fingerprint density at radius 2 is 2.00 bits per heavy atom. The highest BCUT2D eigenvalue weighted by molar-refractivity contribution is 9.10. The second-order valence-corrected chi connectivity index (χ2v) is 7.58. The Hall–Kier alpha value is -0.190. The SMILES string of the molecule is CC(C)(C)[S@@](=O)/N=C\c1cc(Cl)cc(Br)c1. The molecule has 1 atom stereocenters. The standard InChI is InChI=1S/C11H13BrClNOS/c1-11(2,3)16(15)14-7-8-4-9(12)6-10(13)5-8/h4-7H,1-3H3/b14-7-/t16-/m1/s1. The van der Waals surface area contributed by atoms with Crippen molar-refractivity contribution in [3.05, 3.63) is 33.3 Å². The Morgan fingerprint density at radius 1 is 1.38 bits per heavy atom. The van der Waals surface area contributed by atoms with Crippen LogP contribution in [0.3, 0.4) is 0 Å². The minimum Gasteiger partial charge on any atom is -0.234 e. The van der Waals surface area contributed by atoms with Crippen molar-refractivity contribution in [3.8, 4) is 0 Å². The van der Waals surface area contributed by atoms with Crippen LogP contribution in [0, 0.1) is 0 Å². The van der Waals surface area contributed by atoms with Crippen molar-refractivity contribution in [1.29, 1.82) is 0 Å². The third-order valence-electron chi connectivity index (χ3n) is 1.71. The molecule has 0 amide bonds. The molecule has 0 unspecified atom stereocenters. The Morgan fingerprint density at radius 3 is 2.50 bits per heavy atom. The number of hydrogen-bond donors (Lipinski definition) is 0. The van der Waals surface area contributed by atoms with Gasteiger partial charge in [0.05, 0.1) is 4.75 Å². The number of halogens is 2. The van der Waals surface area contributed by atoms with Gasteiger partial charge in [-0.3, -0.25) is 0 Å². The minimum atomic E-state index is -1.24. The fourth-order valence-corrected chi connectivity index (χ4v) is 2.34. The molecule has 0 aliphatic rings. The maximum Gasteiger partial charge on any atom is 0.144 e. The van der Waals surface area contributed by atoms with Gasteiger partial charge in [0.25, 0.3) is 0 Å². The maximum atomic E-state index is 11.7. The lowest BCUT2D eigenvalue weighted by Gasteiger charge is -2.12.